The number of hydrogen-bond donors (Lipinski definition) is 1. The minimum Gasteiger partial charge on any atom is -0.344 e. The highest BCUT2D eigenvalue weighted by molar-refractivity contribution is 5.82. The first-order valence-electron chi connectivity index (χ1n) is 7.33. The molecule has 0 aromatic heterocycles. The largest absolute Gasteiger partial charge is 0.344 e. The van der Waals surface area contributed by atoms with Crippen LogP contribution in [0.5, 0.6) is 0 Å². The summed E-state index contributed by atoms with van der Waals surface area (Å²) in [5.41, 5.74) is 0. The molecule has 1 aliphatic carbocycles. The first-order valence-corrected chi connectivity index (χ1v) is 7.33. The summed E-state index contributed by atoms with van der Waals surface area (Å²) in [4.78, 5) is 16.4. The molecule has 2 rings (SSSR count). The van der Waals surface area contributed by atoms with Crippen LogP contribution in [0.25, 0.3) is 0 Å². The molecule has 1 N–H and O–H groups in total. The van der Waals surface area contributed by atoms with E-state index in [1.807, 2.05) is 11.9 Å². The Morgan fingerprint density at radius 2 is 2.11 bits per heavy atom. The molecule has 104 valence electrons. The zero-order chi connectivity index (χ0) is 13.0. The van der Waals surface area contributed by atoms with Crippen molar-refractivity contribution in [2.45, 2.75) is 38.1 Å². The molecule has 4 nitrogen and oxygen atoms in total. The summed E-state index contributed by atoms with van der Waals surface area (Å²) in [5.74, 6) is 1.13. The van der Waals surface area contributed by atoms with Crippen LogP contribution in [0.4, 0.5) is 0 Å². The Balaban J connectivity index is 1.73. The zero-order valence-corrected chi connectivity index (χ0v) is 11.8. The highest BCUT2D eigenvalue weighted by Gasteiger charge is 2.26. The number of carbonyl (C=O) groups excluding carboxylic acids is 1. The standard InChI is InChI=1S/C14H27N3O/c1-16-10-8-15-13(11-16)14(18)17(2)9-7-12-5-3-4-6-12/h12-13,15H,3-11H2,1-2H3. The molecule has 1 amide bonds. The van der Waals surface area contributed by atoms with Crippen molar-refractivity contribution in [3.05, 3.63) is 0 Å². The van der Waals surface area contributed by atoms with E-state index in [1.165, 1.54) is 32.1 Å². The quantitative estimate of drug-likeness (QED) is 0.809. The average Bonchev–Trinajstić information content (AvgIpc) is 2.88. The zero-order valence-electron chi connectivity index (χ0n) is 11.8. The molecule has 1 aliphatic heterocycles. The van der Waals surface area contributed by atoms with Gasteiger partial charge in [-0.3, -0.25) is 4.79 Å². The number of nitrogens with zero attached hydrogens (tertiary/aromatic N) is 2. The topological polar surface area (TPSA) is 35.6 Å². The molecule has 0 spiro atoms. The van der Waals surface area contributed by atoms with Crippen molar-refractivity contribution < 1.29 is 4.79 Å². The van der Waals surface area contributed by atoms with Gasteiger partial charge < -0.3 is 15.1 Å². The Hall–Kier alpha value is -0.610. The van der Waals surface area contributed by atoms with E-state index in [9.17, 15) is 4.79 Å². The molecule has 1 heterocycles. The predicted octanol–water partition coefficient (Wildman–Crippen LogP) is 0.929. The maximum absolute atomic E-state index is 12.3. The second-order valence-corrected chi connectivity index (χ2v) is 5.97. The number of nitrogens with one attached hydrogen (secondary N) is 1. The molecule has 0 aromatic carbocycles. The summed E-state index contributed by atoms with van der Waals surface area (Å²) in [7, 11) is 4.03. The minimum atomic E-state index is -0.00247. The molecule has 0 radical (unpaired) electrons. The predicted molar refractivity (Wildman–Crippen MR) is 73.5 cm³/mol. The molecule has 2 fully saturated rings. The molecule has 1 saturated heterocycles. The van der Waals surface area contributed by atoms with E-state index < -0.39 is 0 Å². The van der Waals surface area contributed by atoms with E-state index in [1.54, 1.807) is 0 Å². The van der Waals surface area contributed by atoms with Gasteiger partial charge in [0.15, 0.2) is 0 Å². The van der Waals surface area contributed by atoms with Crippen molar-refractivity contribution in [1.82, 2.24) is 15.1 Å². The Bertz CT molecular complexity index is 276. The van der Waals surface area contributed by atoms with Gasteiger partial charge in [0.05, 0.1) is 6.04 Å². The third-order valence-corrected chi connectivity index (χ3v) is 4.40. The smallest absolute Gasteiger partial charge is 0.240 e. The number of rotatable bonds is 4. The van der Waals surface area contributed by atoms with Gasteiger partial charge in [0.25, 0.3) is 0 Å². The molecule has 4 heteroatoms. The van der Waals surface area contributed by atoms with Gasteiger partial charge in [-0.05, 0) is 19.4 Å². The molecule has 2 aliphatic rings. The third-order valence-electron chi connectivity index (χ3n) is 4.40. The Morgan fingerprint density at radius 3 is 2.78 bits per heavy atom. The van der Waals surface area contributed by atoms with E-state index in [0.29, 0.717) is 0 Å². The van der Waals surface area contributed by atoms with Gasteiger partial charge in [0.1, 0.15) is 0 Å². The first kappa shape index (κ1) is 13.8. The van der Waals surface area contributed by atoms with E-state index in [4.69, 9.17) is 0 Å². The van der Waals surface area contributed by atoms with Crippen LogP contribution in [0.1, 0.15) is 32.1 Å². The SMILES string of the molecule is CN1CCNC(C(=O)N(C)CCC2CCCC2)C1. The molecule has 1 atom stereocenters. The molecule has 18 heavy (non-hydrogen) atoms. The summed E-state index contributed by atoms with van der Waals surface area (Å²) < 4.78 is 0. The lowest BCUT2D eigenvalue weighted by atomic mass is 10.0. The van der Waals surface area contributed by atoms with Gasteiger partial charge in [-0.1, -0.05) is 25.7 Å². The van der Waals surface area contributed by atoms with Crippen LogP contribution >= 0.6 is 0 Å². The van der Waals surface area contributed by atoms with Crippen LogP contribution in [0, 0.1) is 5.92 Å². The van der Waals surface area contributed by atoms with Gasteiger partial charge in [-0.15, -0.1) is 0 Å². The van der Waals surface area contributed by atoms with Crippen LogP contribution in [-0.2, 0) is 4.79 Å². The lowest BCUT2D eigenvalue weighted by molar-refractivity contribution is -0.133. The van der Waals surface area contributed by atoms with Crippen molar-refractivity contribution in [2.75, 3.05) is 40.3 Å². The second-order valence-electron chi connectivity index (χ2n) is 5.97. The highest BCUT2D eigenvalue weighted by Crippen LogP contribution is 2.27. The molecular formula is C14H27N3O. The summed E-state index contributed by atoms with van der Waals surface area (Å²) in [6, 6.07) is -0.00247. The van der Waals surface area contributed by atoms with Crippen molar-refractivity contribution in [1.29, 1.82) is 0 Å². The van der Waals surface area contributed by atoms with E-state index in [-0.39, 0.29) is 11.9 Å². The molecule has 0 aromatic rings. The number of hydrogen-bond acceptors (Lipinski definition) is 3. The van der Waals surface area contributed by atoms with Crippen molar-refractivity contribution >= 4 is 5.91 Å². The van der Waals surface area contributed by atoms with E-state index >= 15 is 0 Å². The minimum absolute atomic E-state index is 0.00247. The van der Waals surface area contributed by atoms with Crippen molar-refractivity contribution in [3.63, 3.8) is 0 Å². The molecule has 1 saturated carbocycles. The number of piperazine rings is 1. The number of amides is 1. The van der Waals surface area contributed by atoms with E-state index in [0.717, 1.165) is 32.1 Å². The van der Waals surface area contributed by atoms with Gasteiger partial charge >= 0.3 is 0 Å². The normalized spacial score (nSPS) is 26.4. The fourth-order valence-electron chi connectivity index (χ4n) is 3.11. The molecule has 0 bridgehead atoms. The maximum atomic E-state index is 12.3. The van der Waals surface area contributed by atoms with Gasteiger partial charge in [0, 0.05) is 33.2 Å². The van der Waals surface area contributed by atoms with Crippen LogP contribution < -0.4 is 5.32 Å². The third kappa shape index (κ3) is 3.69. The summed E-state index contributed by atoms with van der Waals surface area (Å²) >= 11 is 0. The van der Waals surface area contributed by atoms with Crippen molar-refractivity contribution in [3.8, 4) is 0 Å². The Morgan fingerprint density at radius 1 is 1.39 bits per heavy atom. The first-order chi connectivity index (χ1) is 8.66. The lowest BCUT2D eigenvalue weighted by Crippen LogP contribution is -2.56. The maximum Gasteiger partial charge on any atom is 0.240 e. The van der Waals surface area contributed by atoms with Crippen LogP contribution in [0.3, 0.4) is 0 Å². The second kappa shape index (κ2) is 6.53. The van der Waals surface area contributed by atoms with Gasteiger partial charge in [-0.2, -0.15) is 0 Å². The van der Waals surface area contributed by atoms with Crippen molar-refractivity contribution in [2.24, 2.45) is 5.92 Å². The Kier molecular flexibility index (Phi) is 5.01. The highest BCUT2D eigenvalue weighted by atomic mass is 16.2. The summed E-state index contributed by atoms with van der Waals surface area (Å²) in [5, 5.41) is 3.33. The van der Waals surface area contributed by atoms with Crippen LogP contribution in [0.2, 0.25) is 0 Å². The van der Waals surface area contributed by atoms with E-state index in [2.05, 4.69) is 17.3 Å². The summed E-state index contributed by atoms with van der Waals surface area (Å²) in [6.07, 6.45) is 6.69. The monoisotopic (exact) mass is 253 g/mol. The molecule has 1 unspecified atom stereocenters. The average molecular weight is 253 g/mol. The Labute approximate surface area is 111 Å². The van der Waals surface area contributed by atoms with Gasteiger partial charge in [0.2, 0.25) is 5.91 Å². The lowest BCUT2D eigenvalue weighted by Gasteiger charge is -2.32. The fraction of sp³-hybridized carbons (Fsp3) is 0.929. The van der Waals surface area contributed by atoms with Crippen LogP contribution in [0.15, 0.2) is 0 Å². The number of likely N-dealkylation sites (N-methyl/N-ethyl adjacent to an activating group) is 2. The summed E-state index contributed by atoms with van der Waals surface area (Å²) in [6.45, 7) is 3.72. The molecular weight excluding hydrogens is 226 g/mol. The number of carbonyl (C=O) groups is 1. The van der Waals surface area contributed by atoms with Gasteiger partial charge in [-0.25, -0.2) is 0 Å². The fourth-order valence-corrected chi connectivity index (χ4v) is 3.11. The van der Waals surface area contributed by atoms with Crippen LogP contribution in [-0.4, -0.2) is 62.0 Å².